The summed E-state index contributed by atoms with van der Waals surface area (Å²) in [6, 6.07) is 2.43. The lowest BCUT2D eigenvalue weighted by Gasteiger charge is -2.29. The summed E-state index contributed by atoms with van der Waals surface area (Å²) < 4.78 is 0. The number of nitrogens with zero attached hydrogens (tertiary/aromatic N) is 2. The van der Waals surface area contributed by atoms with E-state index in [-0.39, 0.29) is 6.04 Å². The third-order valence-electron chi connectivity index (χ3n) is 2.22. The Labute approximate surface area is 74.2 Å². The first-order valence-corrected chi connectivity index (χ1v) is 4.41. The second kappa shape index (κ2) is 4.80. The Morgan fingerprint density at radius 2 is 2.33 bits per heavy atom. The molecule has 1 heterocycles. The average Bonchev–Trinajstić information content (AvgIpc) is 2.15. The average molecular weight is 162 g/mol. The van der Waals surface area contributed by atoms with Gasteiger partial charge in [-0.15, -0.1) is 5.92 Å². The SMILES string of the molecule is CC#CCN1CCCCC1C#N. The third-order valence-corrected chi connectivity index (χ3v) is 2.22. The van der Waals surface area contributed by atoms with Crippen LogP contribution in [0.5, 0.6) is 0 Å². The lowest BCUT2D eigenvalue weighted by atomic mass is 10.0. The Bertz CT molecular complexity index is 228. The lowest BCUT2D eigenvalue weighted by Crippen LogP contribution is -2.38. The summed E-state index contributed by atoms with van der Waals surface area (Å²) in [7, 11) is 0. The van der Waals surface area contributed by atoms with E-state index in [2.05, 4.69) is 22.8 Å². The standard InChI is InChI=1S/C10H14N2/c1-2-3-7-12-8-5-4-6-10(12)9-11/h10H,4-8H2,1H3. The third kappa shape index (κ3) is 2.26. The topological polar surface area (TPSA) is 27.0 Å². The van der Waals surface area contributed by atoms with Crippen LogP contribution in [0.1, 0.15) is 26.2 Å². The normalized spacial score (nSPS) is 23.8. The Hall–Kier alpha value is -0.990. The van der Waals surface area contributed by atoms with Crippen LogP contribution in [-0.2, 0) is 0 Å². The molecule has 1 aliphatic heterocycles. The number of likely N-dealkylation sites (tertiary alicyclic amines) is 1. The molecule has 1 unspecified atom stereocenters. The largest absolute Gasteiger partial charge is 0.277 e. The maximum Gasteiger partial charge on any atom is 0.0985 e. The maximum absolute atomic E-state index is 8.82. The van der Waals surface area contributed by atoms with E-state index >= 15 is 0 Å². The zero-order valence-corrected chi connectivity index (χ0v) is 7.51. The fourth-order valence-corrected chi connectivity index (χ4v) is 1.51. The van der Waals surface area contributed by atoms with Crippen molar-refractivity contribution in [3.05, 3.63) is 0 Å². The van der Waals surface area contributed by atoms with Crippen LogP contribution in [0.15, 0.2) is 0 Å². The molecule has 0 aliphatic carbocycles. The minimum absolute atomic E-state index is 0.111. The van der Waals surface area contributed by atoms with Gasteiger partial charge in [-0.1, -0.05) is 5.92 Å². The maximum atomic E-state index is 8.82. The molecular formula is C10H14N2. The van der Waals surface area contributed by atoms with E-state index in [9.17, 15) is 0 Å². The lowest BCUT2D eigenvalue weighted by molar-refractivity contribution is 0.207. The molecule has 2 heteroatoms. The molecule has 0 spiro atoms. The molecule has 0 saturated carbocycles. The van der Waals surface area contributed by atoms with E-state index in [1.54, 1.807) is 0 Å². The van der Waals surface area contributed by atoms with Gasteiger partial charge in [0.25, 0.3) is 0 Å². The monoisotopic (exact) mass is 162 g/mol. The minimum Gasteiger partial charge on any atom is -0.277 e. The predicted octanol–water partition coefficient (Wildman–Crippen LogP) is 1.39. The summed E-state index contributed by atoms with van der Waals surface area (Å²) in [5, 5.41) is 8.82. The molecule has 0 amide bonds. The summed E-state index contributed by atoms with van der Waals surface area (Å²) in [6.45, 7) is 3.63. The summed E-state index contributed by atoms with van der Waals surface area (Å²) >= 11 is 0. The Morgan fingerprint density at radius 1 is 1.50 bits per heavy atom. The highest BCUT2D eigenvalue weighted by atomic mass is 15.2. The van der Waals surface area contributed by atoms with Crippen LogP contribution in [0.4, 0.5) is 0 Å². The quantitative estimate of drug-likeness (QED) is 0.545. The van der Waals surface area contributed by atoms with Gasteiger partial charge in [-0.3, -0.25) is 4.90 Å². The van der Waals surface area contributed by atoms with E-state index in [0.29, 0.717) is 0 Å². The smallest absolute Gasteiger partial charge is 0.0985 e. The van der Waals surface area contributed by atoms with Gasteiger partial charge in [0.05, 0.1) is 18.7 Å². The van der Waals surface area contributed by atoms with E-state index in [1.807, 2.05) is 6.92 Å². The van der Waals surface area contributed by atoms with Crippen LogP contribution in [0.2, 0.25) is 0 Å². The van der Waals surface area contributed by atoms with Crippen molar-refractivity contribution in [1.82, 2.24) is 4.90 Å². The molecule has 0 bridgehead atoms. The van der Waals surface area contributed by atoms with Crippen molar-refractivity contribution in [3.8, 4) is 17.9 Å². The fraction of sp³-hybridized carbons (Fsp3) is 0.700. The van der Waals surface area contributed by atoms with Crippen molar-refractivity contribution < 1.29 is 0 Å². The molecule has 1 saturated heterocycles. The summed E-state index contributed by atoms with van der Waals surface area (Å²) in [4.78, 5) is 2.17. The molecule has 0 N–H and O–H groups in total. The summed E-state index contributed by atoms with van der Waals surface area (Å²) in [6.07, 6.45) is 3.42. The van der Waals surface area contributed by atoms with Gasteiger partial charge in [0.1, 0.15) is 0 Å². The molecule has 1 rings (SSSR count). The second-order valence-electron chi connectivity index (χ2n) is 3.04. The van der Waals surface area contributed by atoms with Crippen molar-refractivity contribution in [2.24, 2.45) is 0 Å². The Kier molecular flexibility index (Phi) is 3.64. The number of piperidine rings is 1. The van der Waals surface area contributed by atoms with Crippen LogP contribution in [-0.4, -0.2) is 24.0 Å². The molecule has 0 aromatic rings. The summed E-state index contributed by atoms with van der Waals surface area (Å²) in [5.74, 6) is 5.87. The molecule has 0 aromatic carbocycles. The van der Waals surface area contributed by atoms with E-state index in [0.717, 1.165) is 19.5 Å². The number of rotatable bonds is 1. The van der Waals surface area contributed by atoms with Gasteiger partial charge < -0.3 is 0 Å². The van der Waals surface area contributed by atoms with Crippen molar-refractivity contribution in [2.75, 3.05) is 13.1 Å². The number of hydrogen-bond acceptors (Lipinski definition) is 2. The van der Waals surface area contributed by atoms with Crippen LogP contribution >= 0.6 is 0 Å². The molecule has 64 valence electrons. The van der Waals surface area contributed by atoms with Gasteiger partial charge in [0.2, 0.25) is 0 Å². The van der Waals surface area contributed by atoms with Gasteiger partial charge in [-0.05, 0) is 26.2 Å². The zero-order valence-electron chi connectivity index (χ0n) is 7.51. The molecule has 0 aromatic heterocycles. The van der Waals surface area contributed by atoms with Gasteiger partial charge >= 0.3 is 0 Å². The predicted molar refractivity (Wildman–Crippen MR) is 48.3 cm³/mol. The Morgan fingerprint density at radius 3 is 3.00 bits per heavy atom. The highest BCUT2D eigenvalue weighted by Crippen LogP contribution is 2.15. The fourth-order valence-electron chi connectivity index (χ4n) is 1.51. The first-order chi connectivity index (χ1) is 5.88. The number of nitriles is 1. The van der Waals surface area contributed by atoms with Gasteiger partial charge in [0.15, 0.2) is 0 Å². The van der Waals surface area contributed by atoms with Crippen molar-refractivity contribution in [1.29, 1.82) is 5.26 Å². The van der Waals surface area contributed by atoms with Crippen molar-refractivity contribution in [3.63, 3.8) is 0 Å². The van der Waals surface area contributed by atoms with Gasteiger partial charge in [-0.25, -0.2) is 0 Å². The Balaban J connectivity index is 2.46. The van der Waals surface area contributed by atoms with Crippen molar-refractivity contribution in [2.45, 2.75) is 32.2 Å². The van der Waals surface area contributed by atoms with E-state index in [4.69, 9.17) is 5.26 Å². The summed E-state index contributed by atoms with van der Waals surface area (Å²) in [5.41, 5.74) is 0. The molecule has 1 fully saturated rings. The number of hydrogen-bond donors (Lipinski definition) is 0. The molecule has 0 radical (unpaired) electrons. The second-order valence-corrected chi connectivity index (χ2v) is 3.04. The van der Waals surface area contributed by atoms with Crippen LogP contribution in [0.25, 0.3) is 0 Å². The van der Waals surface area contributed by atoms with Gasteiger partial charge in [0, 0.05) is 6.54 Å². The molecule has 1 atom stereocenters. The minimum atomic E-state index is 0.111. The van der Waals surface area contributed by atoms with E-state index < -0.39 is 0 Å². The van der Waals surface area contributed by atoms with Crippen LogP contribution < -0.4 is 0 Å². The van der Waals surface area contributed by atoms with E-state index in [1.165, 1.54) is 12.8 Å². The highest BCUT2D eigenvalue weighted by molar-refractivity contribution is 5.03. The van der Waals surface area contributed by atoms with Crippen molar-refractivity contribution >= 4 is 0 Å². The first kappa shape index (κ1) is 9.10. The highest BCUT2D eigenvalue weighted by Gasteiger charge is 2.20. The molecule has 12 heavy (non-hydrogen) atoms. The van der Waals surface area contributed by atoms with Crippen LogP contribution in [0.3, 0.4) is 0 Å². The van der Waals surface area contributed by atoms with Crippen LogP contribution in [0, 0.1) is 23.2 Å². The first-order valence-electron chi connectivity index (χ1n) is 4.41. The molecular weight excluding hydrogens is 148 g/mol. The molecule has 2 nitrogen and oxygen atoms in total. The molecule has 1 aliphatic rings. The zero-order chi connectivity index (χ0) is 8.81. The van der Waals surface area contributed by atoms with Gasteiger partial charge in [-0.2, -0.15) is 5.26 Å².